The number of aryl methyl sites for hydroxylation is 1. The Kier molecular flexibility index (Phi) is 5.87. The van der Waals surface area contributed by atoms with E-state index in [1.807, 2.05) is 18.4 Å². The molecule has 0 radical (unpaired) electrons. The average molecular weight is 453 g/mol. The average Bonchev–Trinajstić information content (AvgIpc) is 3.09. The fraction of sp³-hybridized carbons (Fsp3) is 0.136. The molecule has 0 aliphatic carbocycles. The Morgan fingerprint density at radius 2 is 1.78 bits per heavy atom. The van der Waals surface area contributed by atoms with Gasteiger partial charge in [-0.1, -0.05) is 18.2 Å². The number of anilines is 1. The molecule has 0 unspecified atom stereocenters. The van der Waals surface area contributed by atoms with Crippen molar-refractivity contribution in [2.24, 2.45) is 0 Å². The molecule has 0 saturated carbocycles. The summed E-state index contributed by atoms with van der Waals surface area (Å²) in [5.74, 6) is 0.380. The maximum Gasteiger partial charge on any atom is 0.237 e. The van der Waals surface area contributed by atoms with Crippen molar-refractivity contribution in [2.45, 2.75) is 19.6 Å². The monoisotopic (exact) mass is 453 g/mol. The number of benzene rings is 2. The first-order valence-corrected chi connectivity index (χ1v) is 11.3. The zero-order valence-corrected chi connectivity index (χ0v) is 18.2. The Bertz CT molecular complexity index is 1350. The first kappa shape index (κ1) is 21.4. The van der Waals surface area contributed by atoms with Crippen LogP contribution < -0.4 is 9.46 Å². The van der Waals surface area contributed by atoms with Crippen LogP contribution in [0.15, 0.2) is 67.3 Å². The number of ether oxygens (including phenoxy) is 1. The quantitative estimate of drug-likeness (QED) is 0.451. The third-order valence-corrected chi connectivity index (χ3v) is 6.02. The van der Waals surface area contributed by atoms with E-state index in [4.69, 9.17) is 4.74 Å². The molecule has 0 amide bonds. The minimum absolute atomic E-state index is 0.0999. The molecule has 0 bridgehead atoms. The van der Waals surface area contributed by atoms with Gasteiger partial charge in [-0.25, -0.2) is 27.8 Å². The number of imidazole rings is 1. The van der Waals surface area contributed by atoms with Crippen LogP contribution >= 0.6 is 0 Å². The minimum atomic E-state index is -3.78. The van der Waals surface area contributed by atoms with Crippen molar-refractivity contribution in [2.75, 3.05) is 4.72 Å². The third-order valence-electron chi connectivity index (χ3n) is 4.78. The van der Waals surface area contributed by atoms with E-state index in [-0.39, 0.29) is 5.56 Å². The molecule has 0 saturated heterocycles. The number of hydrogen-bond donors (Lipinski definition) is 1. The first-order valence-electron chi connectivity index (χ1n) is 9.65. The highest BCUT2D eigenvalue weighted by atomic mass is 32.2. The van der Waals surface area contributed by atoms with E-state index in [2.05, 4.69) is 19.7 Å². The molecular formula is C22H20FN5O3S. The van der Waals surface area contributed by atoms with Crippen molar-refractivity contribution < 1.29 is 17.5 Å². The molecule has 4 aromatic rings. The highest BCUT2D eigenvalue weighted by Crippen LogP contribution is 2.24. The summed E-state index contributed by atoms with van der Waals surface area (Å²) in [5, 5.41) is 0. The summed E-state index contributed by atoms with van der Waals surface area (Å²) in [4.78, 5) is 12.6. The molecule has 2 heterocycles. The molecule has 32 heavy (non-hydrogen) atoms. The van der Waals surface area contributed by atoms with Crippen LogP contribution in [0.3, 0.4) is 0 Å². The van der Waals surface area contributed by atoms with Gasteiger partial charge in [-0.3, -0.25) is 9.29 Å². The standard InChI is InChI=1S/C22H20FN5O3S/c1-15-16(2)28(14-26-15)21-11-22(25-13-24-21)31-19-9-7-18(8-10-19)27-32(29,30)12-17-5-3-4-6-20(17)23/h3-11,13-14,27H,12H2,1-2H3. The molecule has 8 nitrogen and oxygen atoms in total. The molecule has 2 aromatic carbocycles. The number of sulfonamides is 1. The van der Waals surface area contributed by atoms with Gasteiger partial charge in [0, 0.05) is 23.0 Å². The van der Waals surface area contributed by atoms with Crippen LogP contribution in [-0.4, -0.2) is 27.9 Å². The smallest absolute Gasteiger partial charge is 0.237 e. The van der Waals surface area contributed by atoms with Gasteiger partial charge in [0.2, 0.25) is 15.9 Å². The van der Waals surface area contributed by atoms with Gasteiger partial charge in [-0.2, -0.15) is 0 Å². The largest absolute Gasteiger partial charge is 0.439 e. The molecule has 2 aromatic heterocycles. The maximum atomic E-state index is 13.8. The number of nitrogens with zero attached hydrogens (tertiary/aromatic N) is 4. The van der Waals surface area contributed by atoms with Crippen LogP contribution in [0.25, 0.3) is 5.82 Å². The SMILES string of the molecule is Cc1ncn(-c2cc(Oc3ccc(NS(=O)(=O)Cc4ccccc4F)cc3)ncn2)c1C. The molecule has 4 rings (SSSR count). The number of halogens is 1. The van der Waals surface area contributed by atoms with E-state index >= 15 is 0 Å². The molecule has 0 fully saturated rings. The maximum absolute atomic E-state index is 13.8. The van der Waals surface area contributed by atoms with Gasteiger partial charge in [0.1, 0.15) is 30.0 Å². The number of nitrogens with one attached hydrogen (secondary N) is 1. The van der Waals surface area contributed by atoms with Crippen LogP contribution in [-0.2, 0) is 15.8 Å². The molecule has 0 spiro atoms. The van der Waals surface area contributed by atoms with Crippen molar-refractivity contribution in [3.05, 3.63) is 90.0 Å². The fourth-order valence-corrected chi connectivity index (χ4v) is 4.21. The van der Waals surface area contributed by atoms with Gasteiger partial charge in [0.15, 0.2) is 0 Å². The van der Waals surface area contributed by atoms with Crippen LogP contribution in [0.2, 0.25) is 0 Å². The molecule has 164 valence electrons. The summed E-state index contributed by atoms with van der Waals surface area (Å²) >= 11 is 0. The zero-order chi connectivity index (χ0) is 22.7. The van der Waals surface area contributed by atoms with Gasteiger partial charge in [0.05, 0.1) is 11.4 Å². The Morgan fingerprint density at radius 3 is 2.47 bits per heavy atom. The first-order chi connectivity index (χ1) is 15.3. The molecule has 10 heteroatoms. The summed E-state index contributed by atoms with van der Waals surface area (Å²) < 4.78 is 48.5. The second-order valence-corrected chi connectivity index (χ2v) is 8.80. The molecule has 0 atom stereocenters. The lowest BCUT2D eigenvalue weighted by Crippen LogP contribution is -2.15. The summed E-state index contributed by atoms with van der Waals surface area (Å²) in [7, 11) is -3.78. The normalized spacial score (nSPS) is 11.3. The van der Waals surface area contributed by atoms with Gasteiger partial charge in [-0.05, 0) is 44.2 Å². The predicted octanol–water partition coefficient (Wildman–Crippen LogP) is 4.15. The lowest BCUT2D eigenvalue weighted by atomic mass is 10.2. The zero-order valence-electron chi connectivity index (χ0n) is 17.4. The van der Waals surface area contributed by atoms with Crippen LogP contribution in [0.1, 0.15) is 17.0 Å². The van der Waals surface area contributed by atoms with Crippen LogP contribution in [0.4, 0.5) is 10.1 Å². The summed E-state index contributed by atoms with van der Waals surface area (Å²) in [6.45, 7) is 3.85. The Hall–Kier alpha value is -3.79. The Morgan fingerprint density at radius 1 is 1.03 bits per heavy atom. The van der Waals surface area contributed by atoms with Gasteiger partial charge >= 0.3 is 0 Å². The highest BCUT2D eigenvalue weighted by Gasteiger charge is 2.15. The molecule has 0 aliphatic heterocycles. The molecular weight excluding hydrogens is 433 g/mol. The van der Waals surface area contributed by atoms with Gasteiger partial charge in [-0.15, -0.1) is 0 Å². The van der Waals surface area contributed by atoms with Crippen molar-refractivity contribution >= 4 is 15.7 Å². The van der Waals surface area contributed by atoms with Crippen LogP contribution in [0, 0.1) is 19.7 Å². The lowest BCUT2D eigenvalue weighted by Gasteiger charge is -2.10. The Balaban J connectivity index is 1.45. The van der Waals surface area contributed by atoms with Crippen molar-refractivity contribution in [1.29, 1.82) is 0 Å². The summed E-state index contributed by atoms with van der Waals surface area (Å²) in [6, 6.07) is 13.8. The van der Waals surface area contributed by atoms with E-state index in [0.29, 0.717) is 23.1 Å². The number of aromatic nitrogens is 4. The highest BCUT2D eigenvalue weighted by molar-refractivity contribution is 7.91. The second kappa shape index (κ2) is 8.75. The van der Waals surface area contributed by atoms with Gasteiger partial charge in [0.25, 0.3) is 0 Å². The van der Waals surface area contributed by atoms with Crippen LogP contribution in [0.5, 0.6) is 11.6 Å². The van der Waals surface area contributed by atoms with E-state index in [0.717, 1.165) is 11.4 Å². The summed E-state index contributed by atoms with van der Waals surface area (Å²) in [5.41, 5.74) is 2.30. The van der Waals surface area contributed by atoms with Crippen molar-refractivity contribution in [3.8, 4) is 17.4 Å². The summed E-state index contributed by atoms with van der Waals surface area (Å²) in [6.07, 6.45) is 3.07. The fourth-order valence-electron chi connectivity index (χ4n) is 2.99. The van der Waals surface area contributed by atoms with E-state index in [1.165, 1.54) is 24.5 Å². The third kappa shape index (κ3) is 4.92. The second-order valence-electron chi connectivity index (χ2n) is 7.08. The van der Waals surface area contributed by atoms with Gasteiger partial charge < -0.3 is 4.74 Å². The predicted molar refractivity (Wildman–Crippen MR) is 118 cm³/mol. The Labute approximate surface area is 184 Å². The minimum Gasteiger partial charge on any atom is -0.439 e. The number of rotatable bonds is 7. The topological polar surface area (TPSA) is 99.0 Å². The van der Waals surface area contributed by atoms with Crippen molar-refractivity contribution in [3.63, 3.8) is 0 Å². The molecule has 0 aliphatic rings. The van der Waals surface area contributed by atoms with Crippen molar-refractivity contribution in [1.82, 2.24) is 19.5 Å². The number of hydrogen-bond acceptors (Lipinski definition) is 6. The molecule has 1 N–H and O–H groups in total. The van der Waals surface area contributed by atoms with E-state index in [9.17, 15) is 12.8 Å². The lowest BCUT2D eigenvalue weighted by molar-refractivity contribution is 0.461. The van der Waals surface area contributed by atoms with E-state index in [1.54, 1.807) is 42.7 Å². The van der Waals surface area contributed by atoms with E-state index < -0.39 is 21.6 Å².